The summed E-state index contributed by atoms with van der Waals surface area (Å²) in [6.07, 6.45) is -2.77. The van der Waals surface area contributed by atoms with Gasteiger partial charge in [-0.2, -0.15) is 0 Å². The van der Waals surface area contributed by atoms with Gasteiger partial charge >= 0.3 is 0 Å². The molecular weight excluding hydrogens is 218 g/mol. The van der Waals surface area contributed by atoms with Crippen molar-refractivity contribution in [3.63, 3.8) is 0 Å². The third kappa shape index (κ3) is 1.75. The van der Waals surface area contributed by atoms with Crippen molar-refractivity contribution >= 4 is 21.4 Å². The highest BCUT2D eigenvalue weighted by Crippen LogP contribution is 2.36. The van der Waals surface area contributed by atoms with Gasteiger partial charge < -0.3 is 5.11 Å². The Hall–Kier alpha value is -1.00. The molecule has 1 unspecified atom stereocenters. The summed E-state index contributed by atoms with van der Waals surface area (Å²) in [7, 11) is 0. The molecule has 0 spiro atoms. The number of rotatable bonds is 2. The lowest BCUT2D eigenvalue weighted by atomic mass is 10.1. The van der Waals surface area contributed by atoms with E-state index in [1.807, 2.05) is 24.3 Å². The number of aliphatic hydroxyl groups is 1. The predicted octanol–water partition coefficient (Wildman–Crippen LogP) is 3.37. The van der Waals surface area contributed by atoms with Gasteiger partial charge in [0.1, 0.15) is 0 Å². The normalized spacial score (nSPS) is 15.8. The first-order chi connectivity index (χ1) is 7.01. The monoisotopic (exact) mass is 228 g/mol. The maximum atomic E-state index is 12.6. The average Bonchev–Trinajstić information content (AvgIpc) is 2.61. The minimum Gasteiger partial charge on any atom is -0.379 e. The van der Waals surface area contributed by atoms with Crippen LogP contribution >= 0.6 is 11.3 Å². The minimum absolute atomic E-state index is 0.304. The number of hydrogen-bond donors (Lipinski definition) is 1. The molecule has 0 aliphatic rings. The molecule has 2 rings (SSSR count). The summed E-state index contributed by atoms with van der Waals surface area (Å²) in [5.74, 6) is 0. The number of benzene rings is 1. The molecule has 0 radical (unpaired) electrons. The number of thiophene rings is 1. The van der Waals surface area contributed by atoms with Crippen molar-refractivity contribution in [3.8, 4) is 0 Å². The van der Waals surface area contributed by atoms with Crippen LogP contribution in [0.1, 0.15) is 11.8 Å². The molecule has 1 aromatic carbocycles. The second-order valence-corrected chi connectivity index (χ2v) is 4.68. The molecule has 4 heteroatoms. The molecule has 1 N–H and O–H groups in total. The fraction of sp³-hybridized carbons (Fsp3) is 0.273. The van der Waals surface area contributed by atoms with E-state index >= 15 is 0 Å². The molecule has 0 aliphatic heterocycles. The highest BCUT2D eigenvalue weighted by Gasteiger charge is 2.35. The van der Waals surface area contributed by atoms with Gasteiger partial charge in [0.15, 0.2) is 5.60 Å². The minimum atomic E-state index is -2.77. The van der Waals surface area contributed by atoms with Crippen LogP contribution in [-0.4, -0.2) is 11.5 Å². The van der Waals surface area contributed by atoms with Crippen molar-refractivity contribution in [1.29, 1.82) is 0 Å². The van der Waals surface area contributed by atoms with E-state index in [9.17, 15) is 13.9 Å². The van der Waals surface area contributed by atoms with Gasteiger partial charge in [0, 0.05) is 9.58 Å². The second kappa shape index (κ2) is 3.54. The van der Waals surface area contributed by atoms with Gasteiger partial charge in [0.2, 0.25) is 0 Å². The van der Waals surface area contributed by atoms with Crippen LogP contribution in [-0.2, 0) is 5.60 Å². The molecule has 2 aromatic rings. The third-order valence-corrected chi connectivity index (χ3v) is 3.69. The zero-order valence-corrected chi connectivity index (χ0v) is 8.89. The number of fused-ring (bicyclic) bond motifs is 1. The van der Waals surface area contributed by atoms with E-state index in [2.05, 4.69) is 0 Å². The fourth-order valence-electron chi connectivity index (χ4n) is 1.34. The summed E-state index contributed by atoms with van der Waals surface area (Å²) in [6.45, 7) is 1.14. The summed E-state index contributed by atoms with van der Waals surface area (Å²) in [5.41, 5.74) is -2.05. The Balaban J connectivity index is 2.53. The van der Waals surface area contributed by atoms with Gasteiger partial charge in [-0.3, -0.25) is 0 Å². The van der Waals surface area contributed by atoms with Gasteiger partial charge in [-0.25, -0.2) is 8.78 Å². The zero-order valence-electron chi connectivity index (χ0n) is 8.08. The van der Waals surface area contributed by atoms with Crippen molar-refractivity contribution in [2.45, 2.75) is 19.0 Å². The molecule has 0 fully saturated rings. The summed E-state index contributed by atoms with van der Waals surface area (Å²) in [5, 5.41) is 10.5. The first kappa shape index (κ1) is 10.5. The number of alkyl halides is 2. The number of hydrogen-bond acceptors (Lipinski definition) is 2. The Morgan fingerprint density at radius 1 is 1.33 bits per heavy atom. The first-order valence-electron chi connectivity index (χ1n) is 4.51. The molecule has 0 aliphatic carbocycles. The first-order valence-corrected chi connectivity index (χ1v) is 5.33. The molecule has 0 bridgehead atoms. The van der Waals surface area contributed by atoms with Crippen molar-refractivity contribution in [3.05, 3.63) is 35.2 Å². The topological polar surface area (TPSA) is 20.2 Å². The lowest BCUT2D eigenvalue weighted by Crippen LogP contribution is -2.29. The SMILES string of the molecule is CC(O)(c1cc2ccccc2s1)C(F)F. The average molecular weight is 228 g/mol. The van der Waals surface area contributed by atoms with Crippen molar-refractivity contribution in [2.75, 3.05) is 0 Å². The summed E-state index contributed by atoms with van der Waals surface area (Å²) in [6, 6.07) is 9.00. The lowest BCUT2D eigenvalue weighted by Gasteiger charge is -2.19. The standard InChI is InChI=1S/C11H10F2OS/c1-11(14,10(12)13)9-6-7-4-2-3-5-8(7)15-9/h2-6,10,14H,1H3. The molecule has 1 nitrogen and oxygen atoms in total. The molecule has 0 saturated heterocycles. The molecular formula is C11H10F2OS. The van der Waals surface area contributed by atoms with Crippen molar-refractivity contribution in [1.82, 2.24) is 0 Å². The van der Waals surface area contributed by atoms with E-state index in [1.165, 1.54) is 11.3 Å². The van der Waals surface area contributed by atoms with E-state index in [4.69, 9.17) is 0 Å². The quantitative estimate of drug-likeness (QED) is 0.835. The number of halogens is 2. The largest absolute Gasteiger partial charge is 0.379 e. The van der Waals surface area contributed by atoms with E-state index in [0.29, 0.717) is 4.88 Å². The molecule has 1 aromatic heterocycles. The maximum Gasteiger partial charge on any atom is 0.271 e. The highest BCUT2D eigenvalue weighted by molar-refractivity contribution is 7.19. The van der Waals surface area contributed by atoms with Gasteiger partial charge in [-0.1, -0.05) is 18.2 Å². The van der Waals surface area contributed by atoms with E-state index in [0.717, 1.165) is 17.0 Å². The Kier molecular flexibility index (Phi) is 2.48. The molecule has 1 heterocycles. The van der Waals surface area contributed by atoms with Gasteiger partial charge in [-0.15, -0.1) is 11.3 Å². The van der Waals surface area contributed by atoms with Gasteiger partial charge in [0.25, 0.3) is 6.43 Å². The van der Waals surface area contributed by atoms with Crippen LogP contribution in [0.4, 0.5) is 8.78 Å². The summed E-state index contributed by atoms with van der Waals surface area (Å²) < 4.78 is 26.1. The smallest absolute Gasteiger partial charge is 0.271 e. The highest BCUT2D eigenvalue weighted by atomic mass is 32.1. The van der Waals surface area contributed by atoms with Gasteiger partial charge in [-0.05, 0) is 24.4 Å². The summed E-state index contributed by atoms with van der Waals surface area (Å²) >= 11 is 1.20. The van der Waals surface area contributed by atoms with Crippen LogP contribution in [0.15, 0.2) is 30.3 Å². The Morgan fingerprint density at radius 2 is 2.00 bits per heavy atom. The second-order valence-electron chi connectivity index (χ2n) is 3.60. The molecule has 0 amide bonds. The Morgan fingerprint density at radius 3 is 2.60 bits per heavy atom. The predicted molar refractivity (Wildman–Crippen MR) is 57.4 cm³/mol. The van der Waals surface area contributed by atoms with Crippen LogP contribution in [0.25, 0.3) is 10.1 Å². The molecule has 15 heavy (non-hydrogen) atoms. The zero-order chi connectivity index (χ0) is 11.1. The fourth-order valence-corrected chi connectivity index (χ4v) is 2.45. The van der Waals surface area contributed by atoms with Crippen LogP contribution < -0.4 is 0 Å². The third-order valence-electron chi connectivity index (χ3n) is 2.35. The Bertz CT molecular complexity index is 443. The molecule has 1 atom stereocenters. The van der Waals surface area contributed by atoms with Crippen LogP contribution in [0, 0.1) is 0 Å². The lowest BCUT2D eigenvalue weighted by molar-refractivity contribution is -0.0858. The molecule has 80 valence electrons. The maximum absolute atomic E-state index is 12.6. The Labute approximate surface area is 90.0 Å². The van der Waals surface area contributed by atoms with Crippen LogP contribution in [0.3, 0.4) is 0 Å². The van der Waals surface area contributed by atoms with E-state index < -0.39 is 12.0 Å². The van der Waals surface area contributed by atoms with E-state index in [-0.39, 0.29) is 0 Å². The van der Waals surface area contributed by atoms with Crippen molar-refractivity contribution < 1.29 is 13.9 Å². The van der Waals surface area contributed by atoms with Crippen LogP contribution in [0.2, 0.25) is 0 Å². The summed E-state index contributed by atoms with van der Waals surface area (Å²) in [4.78, 5) is 0.304. The van der Waals surface area contributed by atoms with E-state index in [1.54, 1.807) is 6.07 Å². The van der Waals surface area contributed by atoms with Crippen molar-refractivity contribution in [2.24, 2.45) is 0 Å². The van der Waals surface area contributed by atoms with Crippen LogP contribution in [0.5, 0.6) is 0 Å². The van der Waals surface area contributed by atoms with Gasteiger partial charge in [0.05, 0.1) is 0 Å². The molecule has 0 saturated carbocycles.